The molecule has 13 nitrogen and oxygen atoms in total. The molecule has 0 aliphatic carbocycles. The summed E-state index contributed by atoms with van der Waals surface area (Å²) in [6, 6.07) is 37.7. The van der Waals surface area contributed by atoms with Crippen LogP contribution in [0.15, 0.2) is 137 Å². The standard InChI is InChI=1S/C47H54ClN9O4S2/c1-52(2)24-23-39(34-62-42-11-6-5-7-12-42)50-45-22-21-43(32-46(45)57(58)59)63(60,61)51-38-17-19-40(20-18-38)54-26-28-55(29-27-54)41-10-8-9-36(31-41)44-33-49-56(30-25-53(3)4)47(44)35-13-15-37(48)16-14-35/h5-22,31-33,39,50-51H,23-30,34H2,1-4H3/t39-/m1/s1. The molecule has 16 heteroatoms. The van der Waals surface area contributed by atoms with E-state index in [9.17, 15) is 18.5 Å². The number of sulfonamides is 1. The number of benzene rings is 5. The molecule has 0 bridgehead atoms. The van der Waals surface area contributed by atoms with Crippen LogP contribution in [-0.2, 0) is 16.6 Å². The highest BCUT2D eigenvalue weighted by molar-refractivity contribution is 7.99. The average molecular weight is 909 g/mol. The van der Waals surface area contributed by atoms with E-state index in [1.165, 1.54) is 12.1 Å². The van der Waals surface area contributed by atoms with Crippen LogP contribution in [0.1, 0.15) is 6.42 Å². The van der Waals surface area contributed by atoms with Gasteiger partial charge in [0.2, 0.25) is 0 Å². The fourth-order valence-corrected chi connectivity index (χ4v) is 9.71. The van der Waals surface area contributed by atoms with Crippen molar-refractivity contribution in [3.05, 3.63) is 143 Å². The summed E-state index contributed by atoms with van der Waals surface area (Å²) in [6.07, 6.45) is 2.69. The lowest BCUT2D eigenvalue weighted by molar-refractivity contribution is -0.384. The number of hydrogen-bond acceptors (Lipinski definition) is 11. The second-order valence-electron chi connectivity index (χ2n) is 16.1. The second kappa shape index (κ2) is 20.7. The summed E-state index contributed by atoms with van der Waals surface area (Å²) in [7, 11) is 3.95. The van der Waals surface area contributed by atoms with Gasteiger partial charge >= 0.3 is 0 Å². The summed E-state index contributed by atoms with van der Waals surface area (Å²) in [4.78, 5) is 21.5. The van der Waals surface area contributed by atoms with E-state index in [4.69, 9.17) is 16.7 Å². The Bertz CT molecular complexity index is 2570. The monoisotopic (exact) mass is 907 g/mol. The molecule has 2 N–H and O–H groups in total. The second-order valence-corrected chi connectivity index (χ2v) is 19.3. The fraction of sp³-hybridized carbons (Fsp3) is 0.298. The Labute approximate surface area is 379 Å². The van der Waals surface area contributed by atoms with Crippen molar-refractivity contribution >= 4 is 61.8 Å². The molecule has 7 rings (SSSR count). The Kier molecular flexibility index (Phi) is 15.0. The van der Waals surface area contributed by atoms with Gasteiger partial charge in [-0.1, -0.05) is 54.1 Å². The molecule has 1 aliphatic rings. The van der Waals surface area contributed by atoms with Crippen LogP contribution in [0.5, 0.6) is 0 Å². The van der Waals surface area contributed by atoms with Crippen LogP contribution >= 0.6 is 23.4 Å². The van der Waals surface area contributed by atoms with Gasteiger partial charge in [0.1, 0.15) is 5.69 Å². The zero-order valence-electron chi connectivity index (χ0n) is 36.0. The van der Waals surface area contributed by atoms with Crippen molar-refractivity contribution in [1.29, 1.82) is 0 Å². The molecule has 1 aromatic heterocycles. The molecule has 0 radical (unpaired) electrons. The summed E-state index contributed by atoms with van der Waals surface area (Å²) in [5, 5.41) is 21.1. The van der Waals surface area contributed by atoms with E-state index < -0.39 is 14.9 Å². The van der Waals surface area contributed by atoms with Gasteiger partial charge in [0, 0.05) is 88.7 Å². The van der Waals surface area contributed by atoms with E-state index in [1.807, 2.05) is 87.0 Å². The topological polar surface area (TPSA) is 132 Å². The van der Waals surface area contributed by atoms with Crippen molar-refractivity contribution in [2.75, 3.05) is 93.1 Å². The largest absolute Gasteiger partial charge is 0.376 e. The first kappa shape index (κ1) is 45.4. The van der Waals surface area contributed by atoms with Gasteiger partial charge in [0.25, 0.3) is 15.7 Å². The van der Waals surface area contributed by atoms with E-state index in [0.717, 1.165) is 97.0 Å². The number of piperazine rings is 1. The Hall–Kier alpha value is -5.58. The van der Waals surface area contributed by atoms with Crippen molar-refractivity contribution in [3.8, 4) is 22.4 Å². The number of rotatable bonds is 19. The third-order valence-corrected chi connectivity index (χ3v) is 13.8. The number of aromatic nitrogens is 2. The van der Waals surface area contributed by atoms with Gasteiger partial charge in [-0.3, -0.25) is 19.5 Å². The van der Waals surface area contributed by atoms with E-state index in [1.54, 1.807) is 23.9 Å². The van der Waals surface area contributed by atoms with E-state index in [-0.39, 0.29) is 22.3 Å². The van der Waals surface area contributed by atoms with Crippen LogP contribution in [-0.4, -0.2) is 112 Å². The number of nitrogens with one attached hydrogen (secondary N) is 2. The van der Waals surface area contributed by atoms with Gasteiger partial charge in [-0.2, -0.15) is 5.10 Å². The molecule has 5 aromatic carbocycles. The van der Waals surface area contributed by atoms with Gasteiger partial charge in [-0.25, -0.2) is 8.42 Å². The van der Waals surface area contributed by atoms with Crippen molar-refractivity contribution in [2.24, 2.45) is 0 Å². The predicted octanol–water partition coefficient (Wildman–Crippen LogP) is 8.99. The molecule has 2 heterocycles. The fourth-order valence-electron chi connectivity index (χ4n) is 7.52. The number of nitro benzene ring substituents is 1. The first-order valence-corrected chi connectivity index (χ1v) is 23.7. The lowest BCUT2D eigenvalue weighted by Crippen LogP contribution is -2.46. The van der Waals surface area contributed by atoms with Gasteiger partial charge in [-0.05, 0) is 120 Å². The lowest BCUT2D eigenvalue weighted by atomic mass is 10.0. The molecule has 1 atom stereocenters. The molecule has 1 aliphatic heterocycles. The summed E-state index contributed by atoms with van der Waals surface area (Å²) in [5.41, 5.74) is 6.73. The van der Waals surface area contributed by atoms with Gasteiger partial charge in [0.15, 0.2) is 0 Å². The zero-order chi connectivity index (χ0) is 44.5. The van der Waals surface area contributed by atoms with Gasteiger partial charge in [0.05, 0.1) is 28.3 Å². The van der Waals surface area contributed by atoms with Crippen LogP contribution in [0.2, 0.25) is 5.02 Å². The molecular formula is C47H54ClN9O4S2. The summed E-state index contributed by atoms with van der Waals surface area (Å²) in [6.45, 7) is 5.55. The average Bonchev–Trinajstić information content (AvgIpc) is 3.71. The first-order chi connectivity index (χ1) is 30.3. The molecule has 1 fully saturated rings. The number of nitro groups is 1. The third kappa shape index (κ3) is 11.9. The Morgan fingerprint density at radius 1 is 0.794 bits per heavy atom. The molecule has 0 amide bonds. The lowest BCUT2D eigenvalue weighted by Gasteiger charge is -2.37. The van der Waals surface area contributed by atoms with Crippen molar-refractivity contribution in [1.82, 2.24) is 19.6 Å². The van der Waals surface area contributed by atoms with Crippen LogP contribution < -0.4 is 19.8 Å². The predicted molar refractivity (Wildman–Crippen MR) is 259 cm³/mol. The molecule has 0 saturated carbocycles. The van der Waals surface area contributed by atoms with Crippen molar-refractivity contribution < 1.29 is 13.3 Å². The molecule has 0 spiro atoms. The molecule has 1 saturated heterocycles. The Morgan fingerprint density at radius 3 is 2.14 bits per heavy atom. The van der Waals surface area contributed by atoms with Gasteiger partial charge in [-0.15, -0.1) is 11.8 Å². The maximum atomic E-state index is 13.6. The smallest absolute Gasteiger partial charge is 0.293 e. The highest BCUT2D eigenvalue weighted by Gasteiger charge is 2.25. The van der Waals surface area contributed by atoms with Crippen LogP contribution in [0, 0.1) is 10.1 Å². The van der Waals surface area contributed by atoms with Crippen molar-refractivity contribution in [2.45, 2.75) is 28.8 Å². The number of anilines is 4. The van der Waals surface area contributed by atoms with Gasteiger partial charge < -0.3 is 24.9 Å². The summed E-state index contributed by atoms with van der Waals surface area (Å²) < 4.78 is 31.9. The molecule has 6 aromatic rings. The van der Waals surface area contributed by atoms with Crippen LogP contribution in [0.25, 0.3) is 22.4 Å². The molecular weight excluding hydrogens is 854 g/mol. The quantitative estimate of drug-likeness (QED) is 0.0459. The Balaban J connectivity index is 0.988. The molecule has 0 unspecified atom stereocenters. The van der Waals surface area contributed by atoms with Crippen molar-refractivity contribution in [3.63, 3.8) is 0 Å². The van der Waals surface area contributed by atoms with Crippen LogP contribution in [0.4, 0.5) is 28.4 Å². The molecule has 330 valence electrons. The summed E-state index contributed by atoms with van der Waals surface area (Å²) in [5.74, 6) is 0.676. The highest BCUT2D eigenvalue weighted by atomic mass is 35.5. The minimum absolute atomic E-state index is 0.0979. The minimum Gasteiger partial charge on any atom is -0.376 e. The minimum atomic E-state index is -4.13. The summed E-state index contributed by atoms with van der Waals surface area (Å²) >= 11 is 7.92. The number of hydrogen-bond donors (Lipinski definition) is 2. The number of nitrogens with zero attached hydrogens (tertiary/aromatic N) is 7. The van der Waals surface area contributed by atoms with Crippen LogP contribution in [0.3, 0.4) is 0 Å². The molecule has 63 heavy (non-hydrogen) atoms. The SMILES string of the molecule is CN(C)CC[C@H](CSc1ccccc1)Nc1ccc(S(=O)(=O)Nc2ccc(N3CCN(c4cccc(-c5cnn(CCN(C)C)c5-c5ccc(Cl)cc5)c4)CC3)cc2)cc1[N+](=O)[O-]. The maximum Gasteiger partial charge on any atom is 0.293 e. The van der Waals surface area contributed by atoms with E-state index >= 15 is 0 Å². The number of thioether (sulfide) groups is 1. The number of halogens is 1. The highest BCUT2D eigenvalue weighted by Crippen LogP contribution is 2.36. The maximum absolute atomic E-state index is 13.6. The van der Waals surface area contributed by atoms with E-state index in [2.05, 4.69) is 72.7 Å². The first-order valence-electron chi connectivity index (χ1n) is 20.9. The third-order valence-electron chi connectivity index (χ3n) is 11.0. The van der Waals surface area contributed by atoms with E-state index in [0.29, 0.717) is 16.5 Å². The Morgan fingerprint density at radius 2 is 1.48 bits per heavy atom. The zero-order valence-corrected chi connectivity index (χ0v) is 38.4. The number of likely N-dealkylation sites (N-methyl/N-ethyl adjacent to an activating group) is 1. The normalized spacial score (nSPS) is 13.7.